The summed E-state index contributed by atoms with van der Waals surface area (Å²) in [7, 11) is 0. The molecule has 0 unspecified atom stereocenters. The summed E-state index contributed by atoms with van der Waals surface area (Å²) in [5.74, 6) is 0. The van der Waals surface area contributed by atoms with Gasteiger partial charge >= 0.3 is 0 Å². The van der Waals surface area contributed by atoms with Gasteiger partial charge in [0.2, 0.25) is 0 Å². The Labute approximate surface area is 116 Å². The molecule has 1 aromatic heterocycles. The number of thiocarbonyl (C=S) groups is 1. The van der Waals surface area contributed by atoms with Gasteiger partial charge < -0.3 is 10.8 Å². The maximum atomic E-state index is 8.91. The van der Waals surface area contributed by atoms with Gasteiger partial charge in [-0.1, -0.05) is 24.3 Å². The number of fused-ring (bicyclic) bond motifs is 1. The lowest BCUT2D eigenvalue weighted by Gasteiger charge is -2.14. The van der Waals surface area contributed by atoms with Crippen LogP contribution in [0, 0.1) is 0 Å². The third-order valence-electron chi connectivity index (χ3n) is 2.59. The second-order valence-corrected chi connectivity index (χ2v) is 4.27. The van der Waals surface area contributed by atoms with Crippen LogP contribution in [-0.4, -0.2) is 39.6 Å². The van der Waals surface area contributed by atoms with E-state index in [1.807, 2.05) is 30.3 Å². The number of hydrogen-bond donors (Lipinski definition) is 2. The molecule has 2 rings (SSSR count). The maximum Gasteiger partial charge on any atom is 0.187 e. The predicted molar refractivity (Wildman–Crippen MR) is 79.9 cm³/mol. The van der Waals surface area contributed by atoms with E-state index < -0.39 is 0 Å². The highest BCUT2D eigenvalue weighted by molar-refractivity contribution is 7.80. The molecule has 0 saturated carbocycles. The molecule has 0 bridgehead atoms. The van der Waals surface area contributed by atoms with E-state index in [9.17, 15) is 0 Å². The first-order chi connectivity index (χ1) is 9.22. The molecule has 0 aliphatic rings. The van der Waals surface area contributed by atoms with E-state index in [0.717, 1.165) is 16.5 Å². The molecule has 1 heterocycles. The minimum Gasteiger partial charge on any atom is -0.394 e. The summed E-state index contributed by atoms with van der Waals surface area (Å²) < 4.78 is 0. The van der Waals surface area contributed by atoms with E-state index in [1.54, 1.807) is 12.4 Å². The fourth-order valence-electron chi connectivity index (χ4n) is 1.69. The number of nitrogens with zero attached hydrogens (tertiary/aromatic N) is 3. The molecule has 19 heavy (non-hydrogen) atoms. The van der Waals surface area contributed by atoms with Gasteiger partial charge in [0.15, 0.2) is 5.11 Å². The quantitative estimate of drug-likeness (QED) is 0.496. The standard InChI is InChI=1S/C13H14N4OS/c14-13(19)17(7-8-18)16-9-12-11-4-2-1-3-10(11)5-6-15-12/h1-6,9,18H,7-8H2,(H2,14,19)/b16-9-. The number of pyridine rings is 1. The largest absolute Gasteiger partial charge is 0.394 e. The van der Waals surface area contributed by atoms with Gasteiger partial charge in [-0.2, -0.15) is 5.10 Å². The Hall–Kier alpha value is -2.05. The van der Waals surface area contributed by atoms with Crippen LogP contribution >= 0.6 is 12.2 Å². The average Bonchev–Trinajstić information content (AvgIpc) is 2.43. The molecule has 3 N–H and O–H groups in total. The third kappa shape index (κ3) is 3.24. The second-order valence-electron chi connectivity index (χ2n) is 3.85. The van der Waals surface area contributed by atoms with E-state index >= 15 is 0 Å². The summed E-state index contributed by atoms with van der Waals surface area (Å²) in [6.07, 6.45) is 3.32. The molecule has 0 fully saturated rings. The number of aliphatic hydroxyl groups excluding tert-OH is 1. The monoisotopic (exact) mass is 274 g/mol. The topological polar surface area (TPSA) is 74.7 Å². The van der Waals surface area contributed by atoms with Gasteiger partial charge in [0.05, 0.1) is 25.1 Å². The number of nitrogens with two attached hydrogens (primary N) is 1. The number of aliphatic hydroxyl groups is 1. The van der Waals surface area contributed by atoms with Crippen molar-refractivity contribution < 1.29 is 5.11 Å². The van der Waals surface area contributed by atoms with Gasteiger partial charge in [0.25, 0.3) is 0 Å². The average molecular weight is 274 g/mol. The van der Waals surface area contributed by atoms with Crippen LogP contribution in [0.15, 0.2) is 41.6 Å². The van der Waals surface area contributed by atoms with Crippen molar-refractivity contribution in [3.05, 3.63) is 42.2 Å². The van der Waals surface area contributed by atoms with E-state index in [0.29, 0.717) is 0 Å². The first-order valence-electron chi connectivity index (χ1n) is 5.78. The van der Waals surface area contributed by atoms with Crippen LogP contribution in [0.3, 0.4) is 0 Å². The molecule has 0 spiro atoms. The van der Waals surface area contributed by atoms with Crippen molar-refractivity contribution in [2.75, 3.05) is 13.2 Å². The maximum absolute atomic E-state index is 8.91. The third-order valence-corrected chi connectivity index (χ3v) is 2.80. The molecule has 0 radical (unpaired) electrons. The van der Waals surface area contributed by atoms with Crippen LogP contribution < -0.4 is 5.73 Å². The van der Waals surface area contributed by atoms with E-state index in [-0.39, 0.29) is 18.3 Å². The van der Waals surface area contributed by atoms with Crippen LogP contribution in [-0.2, 0) is 0 Å². The van der Waals surface area contributed by atoms with Gasteiger partial charge in [-0.3, -0.25) is 4.98 Å². The van der Waals surface area contributed by atoms with Gasteiger partial charge in [-0.05, 0) is 23.7 Å². The molecule has 2 aromatic rings. The van der Waals surface area contributed by atoms with Crippen molar-refractivity contribution in [3.63, 3.8) is 0 Å². The summed E-state index contributed by atoms with van der Waals surface area (Å²) in [5, 5.41) is 16.6. The number of benzene rings is 1. The lowest BCUT2D eigenvalue weighted by molar-refractivity contribution is 0.254. The Bertz CT molecular complexity index is 609. The highest BCUT2D eigenvalue weighted by Gasteiger charge is 2.03. The van der Waals surface area contributed by atoms with Crippen molar-refractivity contribution in [2.45, 2.75) is 0 Å². The Morgan fingerprint density at radius 3 is 2.95 bits per heavy atom. The molecule has 0 aliphatic heterocycles. The second kappa shape index (κ2) is 6.21. The molecular formula is C13H14N4OS. The zero-order valence-corrected chi connectivity index (χ0v) is 11.0. The normalized spacial score (nSPS) is 11.0. The Morgan fingerprint density at radius 1 is 1.42 bits per heavy atom. The fourth-order valence-corrected chi connectivity index (χ4v) is 1.83. The van der Waals surface area contributed by atoms with Crippen molar-refractivity contribution in [1.29, 1.82) is 0 Å². The SMILES string of the molecule is NC(=S)N(CCO)/N=C\c1nccc2ccccc12. The molecular weight excluding hydrogens is 260 g/mol. The molecule has 98 valence electrons. The summed E-state index contributed by atoms with van der Waals surface area (Å²) in [6.45, 7) is 0.189. The van der Waals surface area contributed by atoms with Crippen LogP contribution in [0.2, 0.25) is 0 Å². The first kappa shape index (κ1) is 13.4. The van der Waals surface area contributed by atoms with Crippen molar-refractivity contribution >= 4 is 34.3 Å². The molecule has 0 saturated heterocycles. The lowest BCUT2D eigenvalue weighted by Crippen LogP contribution is -2.33. The van der Waals surface area contributed by atoms with Crippen molar-refractivity contribution in [3.8, 4) is 0 Å². The van der Waals surface area contributed by atoms with Crippen LogP contribution in [0.5, 0.6) is 0 Å². The van der Waals surface area contributed by atoms with Crippen molar-refractivity contribution in [1.82, 2.24) is 9.99 Å². The predicted octanol–water partition coefficient (Wildman–Crippen LogP) is 1.11. The van der Waals surface area contributed by atoms with Gasteiger partial charge in [-0.25, -0.2) is 5.01 Å². The van der Waals surface area contributed by atoms with E-state index in [1.165, 1.54) is 5.01 Å². The first-order valence-corrected chi connectivity index (χ1v) is 6.19. The summed E-state index contributed by atoms with van der Waals surface area (Å²) in [5.41, 5.74) is 6.25. The van der Waals surface area contributed by atoms with Crippen LogP contribution in [0.25, 0.3) is 10.8 Å². The smallest absolute Gasteiger partial charge is 0.187 e. The minimum absolute atomic E-state index is 0.0718. The molecule has 0 atom stereocenters. The van der Waals surface area contributed by atoms with Gasteiger partial charge in [-0.15, -0.1) is 0 Å². The Balaban J connectivity index is 2.32. The highest BCUT2D eigenvalue weighted by Crippen LogP contribution is 2.14. The summed E-state index contributed by atoms with van der Waals surface area (Å²) in [4.78, 5) is 4.28. The molecule has 5 nitrogen and oxygen atoms in total. The molecule has 0 amide bonds. The highest BCUT2D eigenvalue weighted by atomic mass is 32.1. The zero-order valence-electron chi connectivity index (χ0n) is 10.2. The summed E-state index contributed by atoms with van der Waals surface area (Å²) in [6, 6.07) is 9.83. The number of rotatable bonds is 4. The van der Waals surface area contributed by atoms with E-state index in [4.69, 9.17) is 23.1 Å². The number of hydrazone groups is 1. The van der Waals surface area contributed by atoms with Gasteiger partial charge in [0.1, 0.15) is 0 Å². The van der Waals surface area contributed by atoms with Gasteiger partial charge in [0, 0.05) is 11.6 Å². The fraction of sp³-hybridized carbons (Fsp3) is 0.154. The van der Waals surface area contributed by atoms with Crippen LogP contribution in [0.4, 0.5) is 0 Å². The van der Waals surface area contributed by atoms with E-state index in [2.05, 4.69) is 10.1 Å². The zero-order chi connectivity index (χ0) is 13.7. The molecule has 0 aliphatic carbocycles. The van der Waals surface area contributed by atoms with Crippen LogP contribution in [0.1, 0.15) is 5.69 Å². The Morgan fingerprint density at radius 2 is 2.21 bits per heavy atom. The molecule has 1 aromatic carbocycles. The Kier molecular flexibility index (Phi) is 4.38. The minimum atomic E-state index is -0.0718. The number of hydrogen-bond acceptors (Lipinski definition) is 4. The number of aromatic nitrogens is 1. The molecule has 6 heteroatoms. The summed E-state index contributed by atoms with van der Waals surface area (Å²) >= 11 is 4.85. The van der Waals surface area contributed by atoms with Crippen molar-refractivity contribution in [2.24, 2.45) is 10.8 Å². The lowest BCUT2D eigenvalue weighted by atomic mass is 10.1.